The van der Waals surface area contributed by atoms with Gasteiger partial charge in [0.1, 0.15) is 12.4 Å². The molecule has 0 spiro atoms. The number of aryl methyl sites for hydroxylation is 1. The van der Waals surface area contributed by atoms with Crippen LogP contribution in [0, 0.1) is 0 Å². The third-order valence-corrected chi connectivity index (χ3v) is 3.19. The average molecular weight is 233 g/mol. The maximum Gasteiger partial charge on any atom is 0.142 e. The highest BCUT2D eigenvalue weighted by molar-refractivity contribution is 7.07. The molecule has 0 saturated carbocycles. The van der Waals surface area contributed by atoms with E-state index < -0.39 is 0 Å². The Kier molecular flexibility index (Phi) is 3.47. The molecule has 0 unspecified atom stereocenters. The Labute approximate surface area is 99.7 Å². The molecule has 2 N–H and O–H groups in total. The third-order valence-electron chi connectivity index (χ3n) is 2.46. The van der Waals surface area contributed by atoms with Crippen molar-refractivity contribution in [3.63, 3.8) is 0 Å². The molecule has 1 heterocycles. The van der Waals surface area contributed by atoms with E-state index in [0.717, 1.165) is 17.9 Å². The molecular weight excluding hydrogens is 218 g/mol. The number of hydrogen-bond acceptors (Lipinski definition) is 3. The van der Waals surface area contributed by atoms with Gasteiger partial charge in [0.25, 0.3) is 0 Å². The summed E-state index contributed by atoms with van der Waals surface area (Å²) in [6.45, 7) is 2.69. The normalized spacial score (nSPS) is 10.3. The SMILES string of the molecule is CCc1ccc(OCc2ccsc2)c(N)c1. The van der Waals surface area contributed by atoms with Crippen LogP contribution < -0.4 is 10.5 Å². The van der Waals surface area contributed by atoms with Crippen LogP contribution in [-0.2, 0) is 13.0 Å². The summed E-state index contributed by atoms with van der Waals surface area (Å²) in [5.74, 6) is 0.767. The largest absolute Gasteiger partial charge is 0.487 e. The average Bonchev–Trinajstić information content (AvgIpc) is 2.80. The zero-order valence-corrected chi connectivity index (χ0v) is 10.1. The molecule has 2 aromatic rings. The number of hydrogen-bond donors (Lipinski definition) is 1. The van der Waals surface area contributed by atoms with Crippen LogP contribution in [0.2, 0.25) is 0 Å². The molecular formula is C13H15NOS. The van der Waals surface area contributed by atoms with Gasteiger partial charge in [0, 0.05) is 0 Å². The van der Waals surface area contributed by atoms with Gasteiger partial charge >= 0.3 is 0 Å². The predicted octanol–water partition coefficient (Wildman–Crippen LogP) is 3.47. The minimum Gasteiger partial charge on any atom is -0.487 e. The van der Waals surface area contributed by atoms with Crippen molar-refractivity contribution in [2.45, 2.75) is 20.0 Å². The molecule has 0 saturated heterocycles. The monoisotopic (exact) mass is 233 g/mol. The first-order valence-corrected chi connectivity index (χ1v) is 6.26. The molecule has 0 aliphatic rings. The summed E-state index contributed by atoms with van der Waals surface area (Å²) in [6, 6.07) is 8.03. The number of ether oxygens (including phenoxy) is 1. The van der Waals surface area contributed by atoms with Gasteiger partial charge in [-0.25, -0.2) is 0 Å². The first kappa shape index (κ1) is 11.0. The van der Waals surface area contributed by atoms with Gasteiger partial charge in [0.05, 0.1) is 5.69 Å². The zero-order chi connectivity index (χ0) is 11.4. The highest BCUT2D eigenvalue weighted by atomic mass is 32.1. The van der Waals surface area contributed by atoms with Crippen LogP contribution in [0.3, 0.4) is 0 Å². The van der Waals surface area contributed by atoms with E-state index in [1.165, 1.54) is 11.1 Å². The number of rotatable bonds is 4. The molecule has 84 valence electrons. The van der Waals surface area contributed by atoms with Gasteiger partial charge in [-0.2, -0.15) is 11.3 Å². The Morgan fingerprint density at radius 1 is 1.25 bits per heavy atom. The van der Waals surface area contributed by atoms with Gasteiger partial charge in [-0.1, -0.05) is 13.0 Å². The molecule has 1 aromatic carbocycles. The molecule has 0 aliphatic carbocycles. The minimum atomic E-state index is 0.583. The molecule has 0 amide bonds. The van der Waals surface area contributed by atoms with Gasteiger partial charge in [-0.05, 0) is 46.5 Å². The number of nitrogens with two attached hydrogens (primary N) is 1. The van der Waals surface area contributed by atoms with Gasteiger partial charge in [0.15, 0.2) is 0 Å². The Hall–Kier alpha value is -1.48. The standard InChI is InChI=1S/C13H15NOS/c1-2-10-3-4-13(12(14)7-10)15-8-11-5-6-16-9-11/h3-7,9H,2,8,14H2,1H3. The van der Waals surface area contributed by atoms with Crippen molar-refractivity contribution < 1.29 is 4.74 Å². The van der Waals surface area contributed by atoms with Crippen molar-refractivity contribution in [3.05, 3.63) is 46.2 Å². The van der Waals surface area contributed by atoms with E-state index in [2.05, 4.69) is 24.4 Å². The highest BCUT2D eigenvalue weighted by Crippen LogP contribution is 2.24. The second kappa shape index (κ2) is 5.03. The number of nitrogen functional groups attached to an aromatic ring is 1. The summed E-state index contributed by atoms with van der Waals surface area (Å²) in [6.07, 6.45) is 0.995. The molecule has 0 fully saturated rings. The molecule has 16 heavy (non-hydrogen) atoms. The lowest BCUT2D eigenvalue weighted by Gasteiger charge is -2.09. The maximum absolute atomic E-state index is 5.91. The van der Waals surface area contributed by atoms with E-state index in [1.807, 2.05) is 17.5 Å². The first-order valence-electron chi connectivity index (χ1n) is 5.32. The lowest BCUT2D eigenvalue weighted by atomic mass is 10.1. The topological polar surface area (TPSA) is 35.2 Å². The van der Waals surface area contributed by atoms with Gasteiger partial charge in [0.2, 0.25) is 0 Å². The summed E-state index contributed by atoms with van der Waals surface area (Å²) >= 11 is 1.67. The Balaban J connectivity index is 2.04. The predicted molar refractivity (Wildman–Crippen MR) is 68.9 cm³/mol. The van der Waals surface area contributed by atoms with E-state index in [0.29, 0.717) is 6.61 Å². The van der Waals surface area contributed by atoms with Crippen molar-refractivity contribution in [2.75, 3.05) is 5.73 Å². The van der Waals surface area contributed by atoms with Crippen LogP contribution >= 0.6 is 11.3 Å². The van der Waals surface area contributed by atoms with Crippen LogP contribution in [0.4, 0.5) is 5.69 Å². The lowest BCUT2D eigenvalue weighted by molar-refractivity contribution is 0.308. The van der Waals surface area contributed by atoms with Crippen molar-refractivity contribution in [3.8, 4) is 5.75 Å². The molecule has 1 aromatic heterocycles. The van der Waals surface area contributed by atoms with Crippen LogP contribution in [0.1, 0.15) is 18.1 Å². The van der Waals surface area contributed by atoms with Crippen molar-refractivity contribution in [1.29, 1.82) is 0 Å². The fourth-order valence-corrected chi connectivity index (χ4v) is 2.14. The van der Waals surface area contributed by atoms with Crippen molar-refractivity contribution in [1.82, 2.24) is 0 Å². The second-order valence-electron chi connectivity index (χ2n) is 3.65. The Morgan fingerprint density at radius 2 is 2.12 bits per heavy atom. The lowest BCUT2D eigenvalue weighted by Crippen LogP contribution is -1.98. The van der Waals surface area contributed by atoms with Crippen LogP contribution in [0.15, 0.2) is 35.0 Å². The van der Waals surface area contributed by atoms with E-state index in [1.54, 1.807) is 11.3 Å². The summed E-state index contributed by atoms with van der Waals surface area (Å²) in [7, 11) is 0. The smallest absolute Gasteiger partial charge is 0.142 e. The first-order chi connectivity index (χ1) is 7.79. The van der Waals surface area contributed by atoms with E-state index >= 15 is 0 Å². The van der Waals surface area contributed by atoms with Crippen LogP contribution in [0.25, 0.3) is 0 Å². The molecule has 0 atom stereocenters. The molecule has 3 heteroatoms. The Bertz CT molecular complexity index is 451. The van der Waals surface area contributed by atoms with E-state index in [9.17, 15) is 0 Å². The van der Waals surface area contributed by atoms with Gasteiger partial charge in [-0.15, -0.1) is 0 Å². The van der Waals surface area contributed by atoms with Gasteiger partial charge < -0.3 is 10.5 Å². The number of thiophene rings is 1. The fourth-order valence-electron chi connectivity index (χ4n) is 1.49. The molecule has 2 nitrogen and oxygen atoms in total. The number of anilines is 1. The minimum absolute atomic E-state index is 0.583. The summed E-state index contributed by atoms with van der Waals surface area (Å²) in [4.78, 5) is 0. The second-order valence-corrected chi connectivity index (χ2v) is 4.43. The third kappa shape index (κ3) is 2.55. The van der Waals surface area contributed by atoms with Crippen LogP contribution in [0.5, 0.6) is 5.75 Å². The highest BCUT2D eigenvalue weighted by Gasteiger charge is 2.02. The maximum atomic E-state index is 5.91. The summed E-state index contributed by atoms with van der Waals surface area (Å²) < 4.78 is 5.66. The van der Waals surface area contributed by atoms with Crippen molar-refractivity contribution in [2.24, 2.45) is 0 Å². The van der Waals surface area contributed by atoms with Crippen LogP contribution in [-0.4, -0.2) is 0 Å². The molecule has 0 bridgehead atoms. The molecule has 0 aliphatic heterocycles. The Morgan fingerprint density at radius 3 is 2.75 bits per heavy atom. The quantitative estimate of drug-likeness (QED) is 0.821. The summed E-state index contributed by atoms with van der Waals surface area (Å²) in [5, 5.41) is 4.12. The summed E-state index contributed by atoms with van der Waals surface area (Å²) in [5.41, 5.74) is 9.05. The molecule has 2 rings (SSSR count). The van der Waals surface area contributed by atoms with E-state index in [4.69, 9.17) is 10.5 Å². The van der Waals surface area contributed by atoms with Gasteiger partial charge in [-0.3, -0.25) is 0 Å². The number of benzene rings is 1. The molecule has 0 radical (unpaired) electrons. The fraction of sp³-hybridized carbons (Fsp3) is 0.231. The van der Waals surface area contributed by atoms with Crippen molar-refractivity contribution >= 4 is 17.0 Å². The zero-order valence-electron chi connectivity index (χ0n) is 9.27. The van der Waals surface area contributed by atoms with E-state index in [-0.39, 0.29) is 0 Å².